The number of fused-ring (bicyclic) bond motifs is 2. The molecular weight excluding hydrogens is 296 g/mol. The normalized spacial score (nSPS) is 28.3. The molecule has 4 atom stereocenters. The lowest BCUT2D eigenvalue weighted by Crippen LogP contribution is -2.49. The maximum absolute atomic E-state index is 12.6. The van der Waals surface area contributed by atoms with Crippen LogP contribution in [0.25, 0.3) is 0 Å². The molecule has 1 amide bonds. The lowest BCUT2D eigenvalue weighted by Gasteiger charge is -2.31. The molecule has 23 heavy (non-hydrogen) atoms. The summed E-state index contributed by atoms with van der Waals surface area (Å²) in [6, 6.07) is 7.44. The summed E-state index contributed by atoms with van der Waals surface area (Å²) in [4.78, 5) is 16.9. The predicted molar refractivity (Wildman–Crippen MR) is 81.2 cm³/mol. The quantitative estimate of drug-likeness (QED) is 0.911. The molecule has 2 aromatic rings. The van der Waals surface area contributed by atoms with Crippen molar-refractivity contribution >= 4 is 5.91 Å². The Kier molecular flexibility index (Phi) is 3.21. The first-order valence-corrected chi connectivity index (χ1v) is 7.75. The average Bonchev–Trinajstić information content (AvgIpc) is 3.12. The van der Waals surface area contributed by atoms with Crippen LogP contribution in [0.3, 0.4) is 0 Å². The van der Waals surface area contributed by atoms with Gasteiger partial charge in [0.05, 0.1) is 12.1 Å². The van der Waals surface area contributed by atoms with Crippen LogP contribution in [0.4, 0.5) is 0 Å². The number of benzene rings is 1. The van der Waals surface area contributed by atoms with Crippen LogP contribution < -0.4 is 14.8 Å². The van der Waals surface area contributed by atoms with Gasteiger partial charge in [-0.15, -0.1) is 0 Å². The maximum Gasteiger partial charge on any atom is 0.265 e. The van der Waals surface area contributed by atoms with Crippen molar-refractivity contribution in [2.45, 2.75) is 44.6 Å². The molecule has 2 aliphatic heterocycles. The van der Waals surface area contributed by atoms with Crippen LogP contribution in [0.1, 0.15) is 38.2 Å². The zero-order valence-electron chi connectivity index (χ0n) is 13.0. The van der Waals surface area contributed by atoms with Gasteiger partial charge < -0.3 is 14.8 Å². The SMILES string of the molecule is CC1Oc2ccccc2OC1C(=O)NC1CC(C)n2ncnc21. The first-order valence-electron chi connectivity index (χ1n) is 7.75. The van der Waals surface area contributed by atoms with Crippen molar-refractivity contribution in [1.29, 1.82) is 0 Å². The number of aromatic nitrogens is 3. The van der Waals surface area contributed by atoms with E-state index < -0.39 is 6.10 Å². The number of carbonyl (C=O) groups is 1. The number of hydrogen-bond donors (Lipinski definition) is 1. The van der Waals surface area contributed by atoms with Crippen LogP contribution in [0.15, 0.2) is 30.6 Å². The molecule has 0 saturated heterocycles. The van der Waals surface area contributed by atoms with Gasteiger partial charge in [0.2, 0.25) is 6.10 Å². The summed E-state index contributed by atoms with van der Waals surface area (Å²) in [6.07, 6.45) is 1.25. The third-order valence-electron chi connectivity index (χ3n) is 4.32. The van der Waals surface area contributed by atoms with Gasteiger partial charge in [-0.3, -0.25) is 4.79 Å². The van der Waals surface area contributed by atoms with E-state index in [0.29, 0.717) is 11.5 Å². The van der Waals surface area contributed by atoms with E-state index in [-0.39, 0.29) is 24.1 Å². The van der Waals surface area contributed by atoms with Gasteiger partial charge in [0.15, 0.2) is 11.5 Å². The second kappa shape index (κ2) is 5.26. The van der Waals surface area contributed by atoms with Gasteiger partial charge >= 0.3 is 0 Å². The Hall–Kier alpha value is -2.57. The molecule has 7 nitrogen and oxygen atoms in total. The highest BCUT2D eigenvalue weighted by Crippen LogP contribution is 2.35. The number of para-hydroxylation sites is 2. The Balaban J connectivity index is 1.50. The molecule has 4 rings (SSSR count). The highest BCUT2D eigenvalue weighted by Gasteiger charge is 2.38. The number of rotatable bonds is 2. The molecule has 1 N–H and O–H groups in total. The summed E-state index contributed by atoms with van der Waals surface area (Å²) >= 11 is 0. The topological polar surface area (TPSA) is 78.3 Å². The molecule has 1 aromatic heterocycles. The van der Waals surface area contributed by atoms with Crippen molar-refractivity contribution < 1.29 is 14.3 Å². The molecule has 0 spiro atoms. The second-order valence-corrected chi connectivity index (χ2v) is 6.02. The molecule has 120 valence electrons. The zero-order valence-corrected chi connectivity index (χ0v) is 13.0. The number of nitrogens with one attached hydrogen (secondary N) is 1. The lowest BCUT2D eigenvalue weighted by atomic mass is 10.1. The van der Waals surface area contributed by atoms with Crippen LogP contribution in [0.2, 0.25) is 0 Å². The number of hydrogen-bond acceptors (Lipinski definition) is 5. The van der Waals surface area contributed by atoms with Crippen molar-refractivity contribution in [3.05, 3.63) is 36.4 Å². The smallest absolute Gasteiger partial charge is 0.265 e. The Morgan fingerprint density at radius 3 is 2.78 bits per heavy atom. The lowest BCUT2D eigenvalue weighted by molar-refractivity contribution is -0.134. The van der Waals surface area contributed by atoms with E-state index in [4.69, 9.17) is 9.47 Å². The van der Waals surface area contributed by atoms with Gasteiger partial charge in [-0.25, -0.2) is 9.67 Å². The third-order valence-corrected chi connectivity index (χ3v) is 4.32. The minimum Gasteiger partial charge on any atom is -0.482 e. The highest BCUT2D eigenvalue weighted by molar-refractivity contribution is 5.82. The van der Waals surface area contributed by atoms with Crippen LogP contribution in [-0.2, 0) is 4.79 Å². The predicted octanol–water partition coefficient (Wildman–Crippen LogP) is 1.63. The number of ether oxygens (including phenoxy) is 2. The molecule has 0 radical (unpaired) electrons. The molecule has 0 saturated carbocycles. The van der Waals surface area contributed by atoms with E-state index in [1.807, 2.05) is 29.8 Å². The van der Waals surface area contributed by atoms with E-state index in [1.54, 1.807) is 6.07 Å². The van der Waals surface area contributed by atoms with Crippen LogP contribution in [-0.4, -0.2) is 32.9 Å². The number of carbonyl (C=O) groups excluding carboxylic acids is 1. The van der Waals surface area contributed by atoms with Gasteiger partial charge in [-0.1, -0.05) is 12.1 Å². The fraction of sp³-hybridized carbons (Fsp3) is 0.438. The van der Waals surface area contributed by atoms with E-state index >= 15 is 0 Å². The maximum atomic E-state index is 12.6. The summed E-state index contributed by atoms with van der Waals surface area (Å²) in [5.74, 6) is 1.85. The molecule has 2 aliphatic rings. The zero-order chi connectivity index (χ0) is 16.0. The van der Waals surface area contributed by atoms with Crippen molar-refractivity contribution in [3.8, 4) is 11.5 Å². The van der Waals surface area contributed by atoms with Gasteiger partial charge in [-0.05, 0) is 32.4 Å². The minimum atomic E-state index is -0.683. The second-order valence-electron chi connectivity index (χ2n) is 6.02. The largest absolute Gasteiger partial charge is 0.482 e. The van der Waals surface area contributed by atoms with Crippen molar-refractivity contribution in [3.63, 3.8) is 0 Å². The van der Waals surface area contributed by atoms with Crippen LogP contribution >= 0.6 is 0 Å². The number of nitrogens with zero attached hydrogens (tertiary/aromatic N) is 3. The summed E-state index contributed by atoms with van der Waals surface area (Å²) in [7, 11) is 0. The Bertz CT molecular complexity index is 744. The van der Waals surface area contributed by atoms with Crippen LogP contribution in [0.5, 0.6) is 11.5 Å². The molecule has 1 aromatic carbocycles. The van der Waals surface area contributed by atoms with Gasteiger partial charge in [-0.2, -0.15) is 5.10 Å². The van der Waals surface area contributed by atoms with E-state index in [9.17, 15) is 4.79 Å². The minimum absolute atomic E-state index is 0.145. The van der Waals surface area contributed by atoms with Gasteiger partial charge in [0.25, 0.3) is 5.91 Å². The first kappa shape index (κ1) is 14.0. The number of amides is 1. The fourth-order valence-corrected chi connectivity index (χ4v) is 3.18. The summed E-state index contributed by atoms with van der Waals surface area (Å²) < 4.78 is 13.5. The molecule has 3 heterocycles. The summed E-state index contributed by atoms with van der Waals surface area (Å²) in [5.41, 5.74) is 0. The van der Waals surface area contributed by atoms with Gasteiger partial charge in [0.1, 0.15) is 18.3 Å². The van der Waals surface area contributed by atoms with E-state index in [1.165, 1.54) is 6.33 Å². The highest BCUT2D eigenvalue weighted by atomic mass is 16.6. The van der Waals surface area contributed by atoms with Gasteiger partial charge in [0, 0.05) is 0 Å². The summed E-state index contributed by atoms with van der Waals surface area (Å²) in [5, 5.41) is 7.21. The van der Waals surface area contributed by atoms with Crippen molar-refractivity contribution in [2.75, 3.05) is 0 Å². The molecule has 0 aliphatic carbocycles. The molecule has 0 bridgehead atoms. The van der Waals surface area contributed by atoms with Crippen molar-refractivity contribution in [1.82, 2.24) is 20.1 Å². The third kappa shape index (κ3) is 2.32. The Morgan fingerprint density at radius 1 is 1.26 bits per heavy atom. The van der Waals surface area contributed by atoms with E-state index in [2.05, 4.69) is 22.3 Å². The molecule has 7 heteroatoms. The average molecular weight is 314 g/mol. The molecule has 4 unspecified atom stereocenters. The van der Waals surface area contributed by atoms with Crippen LogP contribution in [0, 0.1) is 0 Å². The van der Waals surface area contributed by atoms with E-state index in [0.717, 1.165) is 12.2 Å². The first-order chi connectivity index (χ1) is 11.1. The standard InChI is InChI=1S/C16H18N4O3/c1-9-7-11(15-17-8-18-20(9)15)19-16(21)14-10(2)22-12-5-3-4-6-13(12)23-14/h3-6,8-11,14H,7H2,1-2H3,(H,19,21). The fourth-order valence-electron chi connectivity index (χ4n) is 3.18. The monoisotopic (exact) mass is 314 g/mol. The Morgan fingerprint density at radius 2 is 2.00 bits per heavy atom. The molecule has 0 fully saturated rings. The van der Waals surface area contributed by atoms with Crippen molar-refractivity contribution in [2.24, 2.45) is 0 Å². The molecular formula is C16H18N4O3. The Labute approximate surface area is 133 Å². The summed E-state index contributed by atoms with van der Waals surface area (Å²) in [6.45, 7) is 3.89.